The standard InChI is InChI=1S/C19H32N4O3/c1-20-18(23-15-19(7-4-8-19)9-10-24-2)22-14-16-5-6-17(21-13-16)26-12-11-25-3/h5-6,13H,4,7-12,14-15H2,1-3H3,(H2,20,22,23). The first-order chi connectivity index (χ1) is 12.7. The van der Waals surface area contributed by atoms with E-state index in [9.17, 15) is 0 Å². The average Bonchev–Trinajstić information content (AvgIpc) is 2.64. The maximum Gasteiger partial charge on any atom is 0.213 e. The first-order valence-corrected chi connectivity index (χ1v) is 9.21. The van der Waals surface area contributed by atoms with E-state index < -0.39 is 0 Å². The molecule has 1 aliphatic rings. The van der Waals surface area contributed by atoms with Gasteiger partial charge in [0.2, 0.25) is 5.88 Å². The molecule has 1 aromatic rings. The van der Waals surface area contributed by atoms with Crippen LogP contribution in [0, 0.1) is 5.41 Å². The Kier molecular flexibility index (Phi) is 8.64. The molecule has 1 heterocycles. The van der Waals surface area contributed by atoms with Crippen LogP contribution in [0.1, 0.15) is 31.2 Å². The first-order valence-electron chi connectivity index (χ1n) is 9.21. The summed E-state index contributed by atoms with van der Waals surface area (Å²) < 4.78 is 15.7. The fourth-order valence-corrected chi connectivity index (χ4v) is 3.02. The molecule has 0 aromatic carbocycles. The molecule has 0 amide bonds. The van der Waals surface area contributed by atoms with Gasteiger partial charge < -0.3 is 24.8 Å². The van der Waals surface area contributed by atoms with E-state index >= 15 is 0 Å². The normalized spacial score (nSPS) is 16.0. The van der Waals surface area contributed by atoms with Crippen molar-refractivity contribution in [2.45, 2.75) is 32.2 Å². The lowest BCUT2D eigenvalue weighted by Crippen LogP contribution is -2.46. The van der Waals surface area contributed by atoms with Crippen LogP contribution in [0.15, 0.2) is 23.3 Å². The summed E-state index contributed by atoms with van der Waals surface area (Å²) in [6.07, 6.45) is 6.74. The van der Waals surface area contributed by atoms with Gasteiger partial charge in [0.15, 0.2) is 5.96 Å². The number of hydrogen-bond acceptors (Lipinski definition) is 5. The van der Waals surface area contributed by atoms with Crippen molar-refractivity contribution in [2.24, 2.45) is 10.4 Å². The van der Waals surface area contributed by atoms with Crippen molar-refractivity contribution >= 4 is 5.96 Å². The zero-order valence-electron chi connectivity index (χ0n) is 16.2. The highest BCUT2D eigenvalue weighted by Crippen LogP contribution is 2.43. The number of pyridine rings is 1. The summed E-state index contributed by atoms with van der Waals surface area (Å²) in [5.74, 6) is 1.42. The van der Waals surface area contributed by atoms with E-state index in [1.807, 2.05) is 18.3 Å². The van der Waals surface area contributed by atoms with Crippen LogP contribution in [0.5, 0.6) is 5.88 Å². The Morgan fingerprint density at radius 1 is 1.15 bits per heavy atom. The second-order valence-corrected chi connectivity index (χ2v) is 6.72. The van der Waals surface area contributed by atoms with Crippen LogP contribution in [0.3, 0.4) is 0 Å². The number of nitrogens with one attached hydrogen (secondary N) is 2. The highest BCUT2D eigenvalue weighted by molar-refractivity contribution is 5.79. The van der Waals surface area contributed by atoms with E-state index in [2.05, 4.69) is 20.6 Å². The van der Waals surface area contributed by atoms with Crippen molar-refractivity contribution < 1.29 is 14.2 Å². The lowest BCUT2D eigenvalue weighted by molar-refractivity contribution is 0.0732. The number of hydrogen-bond donors (Lipinski definition) is 2. The zero-order valence-corrected chi connectivity index (χ0v) is 16.2. The van der Waals surface area contributed by atoms with E-state index in [1.165, 1.54) is 19.3 Å². The Labute approximate surface area is 156 Å². The Hall–Kier alpha value is -1.86. The number of nitrogens with zero attached hydrogens (tertiary/aromatic N) is 2. The fourth-order valence-electron chi connectivity index (χ4n) is 3.02. The molecule has 2 rings (SSSR count). The molecule has 0 spiro atoms. The molecule has 0 radical (unpaired) electrons. The fraction of sp³-hybridized carbons (Fsp3) is 0.684. The monoisotopic (exact) mass is 364 g/mol. The molecule has 0 aliphatic heterocycles. The van der Waals surface area contributed by atoms with Gasteiger partial charge in [-0.05, 0) is 30.2 Å². The van der Waals surface area contributed by atoms with Crippen LogP contribution in [-0.4, -0.2) is 58.6 Å². The smallest absolute Gasteiger partial charge is 0.213 e. The third-order valence-corrected chi connectivity index (χ3v) is 4.90. The molecule has 0 saturated heterocycles. The van der Waals surface area contributed by atoms with E-state index in [0.29, 0.717) is 31.1 Å². The van der Waals surface area contributed by atoms with Gasteiger partial charge in [-0.1, -0.05) is 12.5 Å². The van der Waals surface area contributed by atoms with Gasteiger partial charge >= 0.3 is 0 Å². The van der Waals surface area contributed by atoms with Crippen molar-refractivity contribution in [3.63, 3.8) is 0 Å². The summed E-state index contributed by atoms with van der Waals surface area (Å²) >= 11 is 0. The molecule has 7 heteroatoms. The van der Waals surface area contributed by atoms with Gasteiger partial charge in [-0.3, -0.25) is 4.99 Å². The van der Waals surface area contributed by atoms with E-state index in [1.54, 1.807) is 21.3 Å². The summed E-state index contributed by atoms with van der Waals surface area (Å²) in [7, 11) is 5.21. The van der Waals surface area contributed by atoms with Gasteiger partial charge in [-0.25, -0.2) is 4.98 Å². The number of ether oxygens (including phenoxy) is 3. The van der Waals surface area contributed by atoms with Crippen molar-refractivity contribution in [2.75, 3.05) is 47.6 Å². The van der Waals surface area contributed by atoms with E-state index in [-0.39, 0.29) is 0 Å². The predicted molar refractivity (Wildman–Crippen MR) is 103 cm³/mol. The zero-order chi connectivity index (χ0) is 18.7. The van der Waals surface area contributed by atoms with E-state index in [0.717, 1.165) is 31.1 Å². The van der Waals surface area contributed by atoms with Gasteiger partial charge in [-0.2, -0.15) is 0 Å². The van der Waals surface area contributed by atoms with Crippen molar-refractivity contribution in [3.05, 3.63) is 23.9 Å². The Balaban J connectivity index is 1.74. The minimum absolute atomic E-state index is 0.358. The summed E-state index contributed by atoms with van der Waals surface area (Å²) in [6, 6.07) is 3.87. The topological polar surface area (TPSA) is 77.0 Å². The molecule has 1 saturated carbocycles. The third kappa shape index (κ3) is 6.46. The van der Waals surface area contributed by atoms with Crippen LogP contribution in [0.2, 0.25) is 0 Å². The minimum atomic E-state index is 0.358. The average molecular weight is 364 g/mol. The molecule has 146 valence electrons. The summed E-state index contributed by atoms with van der Waals surface area (Å²) in [6.45, 7) is 3.47. The van der Waals surface area contributed by atoms with Crippen molar-refractivity contribution in [1.82, 2.24) is 15.6 Å². The van der Waals surface area contributed by atoms with Crippen molar-refractivity contribution in [1.29, 1.82) is 0 Å². The highest BCUT2D eigenvalue weighted by atomic mass is 16.5. The van der Waals surface area contributed by atoms with Crippen LogP contribution >= 0.6 is 0 Å². The van der Waals surface area contributed by atoms with Gasteiger partial charge in [0, 0.05) is 53.2 Å². The van der Waals surface area contributed by atoms with Crippen LogP contribution in [0.25, 0.3) is 0 Å². The first kappa shape index (κ1) is 20.5. The molecule has 1 aliphatic carbocycles. The van der Waals surface area contributed by atoms with Gasteiger partial charge in [0.25, 0.3) is 0 Å². The number of methoxy groups -OCH3 is 2. The van der Waals surface area contributed by atoms with Crippen LogP contribution < -0.4 is 15.4 Å². The predicted octanol–water partition coefficient (Wildman–Crippen LogP) is 1.98. The van der Waals surface area contributed by atoms with Gasteiger partial charge in [-0.15, -0.1) is 0 Å². The Morgan fingerprint density at radius 3 is 2.54 bits per heavy atom. The lowest BCUT2D eigenvalue weighted by Gasteiger charge is -2.42. The minimum Gasteiger partial charge on any atom is -0.475 e. The molecule has 0 bridgehead atoms. The Morgan fingerprint density at radius 2 is 1.96 bits per heavy atom. The van der Waals surface area contributed by atoms with E-state index in [4.69, 9.17) is 14.2 Å². The summed E-state index contributed by atoms with van der Waals surface area (Å²) in [5, 5.41) is 6.80. The summed E-state index contributed by atoms with van der Waals surface area (Å²) in [5.41, 5.74) is 1.43. The van der Waals surface area contributed by atoms with Crippen molar-refractivity contribution in [3.8, 4) is 5.88 Å². The molecular weight excluding hydrogens is 332 g/mol. The Bertz CT molecular complexity index is 544. The molecular formula is C19H32N4O3. The number of rotatable bonds is 11. The molecule has 0 atom stereocenters. The van der Waals surface area contributed by atoms with Crippen LogP contribution in [0.4, 0.5) is 0 Å². The number of aliphatic imine (C=N–C) groups is 1. The number of aromatic nitrogens is 1. The van der Waals surface area contributed by atoms with Crippen LogP contribution in [-0.2, 0) is 16.0 Å². The SMILES string of the molecule is CN=C(NCc1ccc(OCCOC)nc1)NCC1(CCOC)CCC1. The summed E-state index contributed by atoms with van der Waals surface area (Å²) in [4.78, 5) is 8.62. The molecule has 2 N–H and O–H groups in total. The largest absolute Gasteiger partial charge is 0.475 e. The third-order valence-electron chi connectivity index (χ3n) is 4.90. The lowest BCUT2D eigenvalue weighted by atomic mass is 9.67. The second-order valence-electron chi connectivity index (χ2n) is 6.72. The second kappa shape index (κ2) is 11.0. The number of guanidine groups is 1. The molecule has 26 heavy (non-hydrogen) atoms. The highest BCUT2D eigenvalue weighted by Gasteiger charge is 2.36. The molecule has 0 unspecified atom stereocenters. The molecule has 1 aromatic heterocycles. The van der Waals surface area contributed by atoms with Gasteiger partial charge in [0.05, 0.1) is 6.61 Å². The maximum absolute atomic E-state index is 5.47. The maximum atomic E-state index is 5.47. The quantitative estimate of drug-likeness (QED) is 0.355. The molecule has 1 fully saturated rings. The molecule has 7 nitrogen and oxygen atoms in total. The van der Waals surface area contributed by atoms with Gasteiger partial charge in [0.1, 0.15) is 6.61 Å².